The van der Waals surface area contributed by atoms with Gasteiger partial charge in [-0.25, -0.2) is 9.97 Å². The van der Waals surface area contributed by atoms with Crippen LogP contribution in [-0.4, -0.2) is 46.5 Å². The van der Waals surface area contributed by atoms with Gasteiger partial charge in [-0.05, 0) is 19.4 Å². The van der Waals surface area contributed by atoms with Crippen molar-refractivity contribution in [3.63, 3.8) is 0 Å². The standard InChI is InChI=1S/C12H17ClN4O/c1-2-5-17(9-3-4-14-6-9)12(18)11-10(13)7-15-8-16-11/h7-9,14H,2-6H2,1H3. The van der Waals surface area contributed by atoms with E-state index in [2.05, 4.69) is 22.2 Å². The molecular weight excluding hydrogens is 252 g/mol. The summed E-state index contributed by atoms with van der Waals surface area (Å²) in [5, 5.41) is 3.59. The zero-order valence-electron chi connectivity index (χ0n) is 10.4. The summed E-state index contributed by atoms with van der Waals surface area (Å²) in [6.45, 7) is 4.58. The number of nitrogens with one attached hydrogen (secondary N) is 1. The molecule has 98 valence electrons. The molecule has 0 bridgehead atoms. The molecule has 1 aliphatic heterocycles. The van der Waals surface area contributed by atoms with Gasteiger partial charge >= 0.3 is 0 Å². The third kappa shape index (κ3) is 2.79. The first-order valence-electron chi connectivity index (χ1n) is 6.21. The molecule has 1 atom stereocenters. The molecule has 2 rings (SSSR count). The second-order valence-electron chi connectivity index (χ2n) is 4.36. The maximum absolute atomic E-state index is 12.5. The van der Waals surface area contributed by atoms with Gasteiger partial charge in [-0.3, -0.25) is 4.79 Å². The Morgan fingerprint density at radius 3 is 3.11 bits per heavy atom. The van der Waals surface area contributed by atoms with Crippen LogP contribution in [-0.2, 0) is 0 Å². The number of rotatable bonds is 4. The lowest BCUT2D eigenvalue weighted by atomic mass is 10.2. The van der Waals surface area contributed by atoms with Crippen LogP contribution in [0.3, 0.4) is 0 Å². The smallest absolute Gasteiger partial charge is 0.274 e. The van der Waals surface area contributed by atoms with Crippen molar-refractivity contribution in [3.8, 4) is 0 Å². The second-order valence-corrected chi connectivity index (χ2v) is 4.77. The summed E-state index contributed by atoms with van der Waals surface area (Å²) >= 11 is 5.98. The van der Waals surface area contributed by atoms with Crippen LogP contribution in [0.15, 0.2) is 12.5 Å². The first-order valence-corrected chi connectivity index (χ1v) is 6.59. The van der Waals surface area contributed by atoms with Gasteiger partial charge in [0.15, 0.2) is 0 Å². The SMILES string of the molecule is CCCN(C(=O)c1ncncc1Cl)C1CCNC1. The molecule has 1 aromatic heterocycles. The zero-order chi connectivity index (χ0) is 13.0. The molecule has 5 nitrogen and oxygen atoms in total. The second kappa shape index (κ2) is 6.11. The first-order chi connectivity index (χ1) is 8.74. The van der Waals surface area contributed by atoms with Crippen LogP contribution in [0.2, 0.25) is 5.02 Å². The molecule has 1 fully saturated rings. The molecule has 0 aliphatic carbocycles. The van der Waals surface area contributed by atoms with Crippen LogP contribution < -0.4 is 5.32 Å². The highest BCUT2D eigenvalue weighted by molar-refractivity contribution is 6.33. The molecule has 1 aliphatic rings. The molecule has 0 aromatic carbocycles. The Bertz CT molecular complexity index is 420. The van der Waals surface area contributed by atoms with E-state index in [1.165, 1.54) is 12.5 Å². The summed E-state index contributed by atoms with van der Waals surface area (Å²) < 4.78 is 0. The Hall–Kier alpha value is -1.20. The van der Waals surface area contributed by atoms with Gasteiger partial charge in [0.25, 0.3) is 5.91 Å². The fourth-order valence-electron chi connectivity index (χ4n) is 2.20. The van der Waals surface area contributed by atoms with E-state index in [1.807, 2.05) is 4.90 Å². The Kier molecular flexibility index (Phi) is 4.49. The molecule has 1 unspecified atom stereocenters. The summed E-state index contributed by atoms with van der Waals surface area (Å²) in [6.07, 6.45) is 4.72. The van der Waals surface area contributed by atoms with Gasteiger partial charge in [-0.15, -0.1) is 0 Å². The summed E-state index contributed by atoms with van der Waals surface area (Å²) in [6, 6.07) is 0.239. The monoisotopic (exact) mass is 268 g/mol. The molecule has 0 spiro atoms. The molecule has 18 heavy (non-hydrogen) atoms. The number of carbonyl (C=O) groups is 1. The molecule has 2 heterocycles. The van der Waals surface area contributed by atoms with Crippen molar-refractivity contribution in [2.45, 2.75) is 25.8 Å². The Labute approximate surface area is 112 Å². The number of carbonyl (C=O) groups excluding carboxylic acids is 1. The minimum absolute atomic E-state index is 0.0991. The number of amides is 1. The van der Waals surface area contributed by atoms with Crippen LogP contribution in [0.1, 0.15) is 30.3 Å². The average molecular weight is 269 g/mol. The summed E-state index contributed by atoms with van der Waals surface area (Å²) in [5.74, 6) is -0.0991. The van der Waals surface area contributed by atoms with Crippen molar-refractivity contribution in [2.75, 3.05) is 19.6 Å². The summed E-state index contributed by atoms with van der Waals surface area (Å²) in [7, 11) is 0. The van der Waals surface area contributed by atoms with Gasteiger partial charge in [-0.1, -0.05) is 18.5 Å². The summed E-state index contributed by atoms with van der Waals surface area (Å²) in [5.41, 5.74) is 0.298. The van der Waals surface area contributed by atoms with Gasteiger partial charge in [0, 0.05) is 25.3 Å². The van der Waals surface area contributed by atoms with E-state index >= 15 is 0 Å². The molecule has 6 heteroatoms. The minimum Gasteiger partial charge on any atom is -0.333 e. The maximum Gasteiger partial charge on any atom is 0.274 e. The number of nitrogens with zero attached hydrogens (tertiary/aromatic N) is 3. The Morgan fingerprint density at radius 1 is 1.67 bits per heavy atom. The van der Waals surface area contributed by atoms with E-state index in [9.17, 15) is 4.79 Å². The van der Waals surface area contributed by atoms with Crippen molar-refractivity contribution in [3.05, 3.63) is 23.2 Å². The van der Waals surface area contributed by atoms with Crippen LogP contribution in [0.25, 0.3) is 0 Å². The van der Waals surface area contributed by atoms with Gasteiger partial charge in [0.2, 0.25) is 0 Å². The van der Waals surface area contributed by atoms with Crippen LogP contribution in [0.4, 0.5) is 0 Å². The van der Waals surface area contributed by atoms with E-state index in [0.717, 1.165) is 32.5 Å². The third-order valence-electron chi connectivity index (χ3n) is 3.07. The van der Waals surface area contributed by atoms with Crippen LogP contribution in [0.5, 0.6) is 0 Å². The fourth-order valence-corrected chi connectivity index (χ4v) is 2.39. The lowest BCUT2D eigenvalue weighted by Crippen LogP contribution is -2.42. The Morgan fingerprint density at radius 2 is 2.50 bits per heavy atom. The van der Waals surface area contributed by atoms with Crippen molar-refractivity contribution in [2.24, 2.45) is 0 Å². The van der Waals surface area contributed by atoms with Crippen molar-refractivity contribution < 1.29 is 4.79 Å². The lowest BCUT2D eigenvalue weighted by molar-refractivity contribution is 0.0686. The van der Waals surface area contributed by atoms with E-state index in [4.69, 9.17) is 11.6 Å². The number of halogens is 1. The van der Waals surface area contributed by atoms with E-state index in [-0.39, 0.29) is 11.9 Å². The normalized spacial score (nSPS) is 18.9. The molecule has 0 radical (unpaired) electrons. The highest BCUT2D eigenvalue weighted by Crippen LogP contribution is 2.17. The molecule has 1 saturated heterocycles. The van der Waals surface area contributed by atoms with Crippen molar-refractivity contribution >= 4 is 17.5 Å². The maximum atomic E-state index is 12.5. The van der Waals surface area contributed by atoms with Gasteiger partial charge in [0.1, 0.15) is 12.0 Å². The topological polar surface area (TPSA) is 58.1 Å². The van der Waals surface area contributed by atoms with E-state index in [1.54, 1.807) is 0 Å². The lowest BCUT2D eigenvalue weighted by Gasteiger charge is -2.28. The van der Waals surface area contributed by atoms with E-state index < -0.39 is 0 Å². The quantitative estimate of drug-likeness (QED) is 0.895. The zero-order valence-corrected chi connectivity index (χ0v) is 11.2. The molecule has 1 N–H and O–H groups in total. The summed E-state index contributed by atoms with van der Waals surface area (Å²) in [4.78, 5) is 22.1. The van der Waals surface area contributed by atoms with Gasteiger partial charge in [0.05, 0.1) is 5.02 Å². The largest absolute Gasteiger partial charge is 0.333 e. The molecule has 1 amide bonds. The molecular formula is C12H17ClN4O. The average Bonchev–Trinajstić information content (AvgIpc) is 2.89. The van der Waals surface area contributed by atoms with E-state index in [0.29, 0.717) is 10.7 Å². The predicted molar refractivity (Wildman–Crippen MR) is 69.6 cm³/mol. The highest BCUT2D eigenvalue weighted by atomic mass is 35.5. The van der Waals surface area contributed by atoms with Crippen molar-refractivity contribution in [1.82, 2.24) is 20.2 Å². The number of hydrogen-bond acceptors (Lipinski definition) is 4. The fraction of sp³-hybridized carbons (Fsp3) is 0.583. The number of aromatic nitrogens is 2. The Balaban J connectivity index is 2.20. The van der Waals surface area contributed by atoms with Gasteiger partial charge < -0.3 is 10.2 Å². The van der Waals surface area contributed by atoms with Crippen LogP contribution >= 0.6 is 11.6 Å². The van der Waals surface area contributed by atoms with Crippen molar-refractivity contribution in [1.29, 1.82) is 0 Å². The number of hydrogen-bond donors (Lipinski definition) is 1. The van der Waals surface area contributed by atoms with Crippen LogP contribution in [0, 0.1) is 0 Å². The highest BCUT2D eigenvalue weighted by Gasteiger charge is 2.28. The first kappa shape index (κ1) is 13.2. The molecule has 0 saturated carbocycles. The minimum atomic E-state index is -0.0991. The molecule has 1 aromatic rings. The predicted octanol–water partition coefficient (Wildman–Crippen LogP) is 1.34. The third-order valence-corrected chi connectivity index (χ3v) is 3.35. The van der Waals surface area contributed by atoms with Gasteiger partial charge in [-0.2, -0.15) is 0 Å².